The molecule has 0 spiro atoms. The zero-order chi connectivity index (χ0) is 21.7. The molecule has 0 saturated carbocycles. The Morgan fingerprint density at radius 1 is 0.931 bits per heavy atom. The highest BCUT2D eigenvalue weighted by molar-refractivity contribution is 7.89. The Labute approximate surface area is 174 Å². The van der Waals surface area contributed by atoms with E-state index in [1.165, 1.54) is 12.1 Å². The topological polar surface area (TPSA) is 98.8 Å². The Kier molecular flexibility index (Phi) is 11.5. The predicted octanol–water partition coefficient (Wildman–Crippen LogP) is 3.50. The molecule has 1 N–H and O–H groups in total. The maximum atomic E-state index is 12.6. The van der Waals surface area contributed by atoms with Crippen molar-refractivity contribution < 1.29 is 27.5 Å². The van der Waals surface area contributed by atoms with Crippen LogP contribution in [0.15, 0.2) is 29.2 Å². The molecule has 164 valence electrons. The molecule has 0 heterocycles. The van der Waals surface area contributed by atoms with Crippen LogP contribution in [0.4, 0.5) is 0 Å². The van der Waals surface area contributed by atoms with Crippen LogP contribution in [0, 0.1) is 6.92 Å². The molecule has 7 nitrogen and oxygen atoms in total. The molecule has 0 radical (unpaired) electrons. The molecule has 1 aromatic carbocycles. The van der Waals surface area contributed by atoms with Crippen LogP contribution in [-0.4, -0.2) is 39.6 Å². The van der Waals surface area contributed by atoms with Crippen LogP contribution < -0.4 is 4.72 Å². The third-order valence-corrected chi connectivity index (χ3v) is 5.77. The van der Waals surface area contributed by atoms with E-state index in [0.717, 1.165) is 37.7 Å². The molecule has 0 aliphatic rings. The Morgan fingerprint density at radius 3 is 2.03 bits per heavy atom. The van der Waals surface area contributed by atoms with Crippen molar-refractivity contribution in [3.8, 4) is 0 Å². The first-order valence-corrected chi connectivity index (χ1v) is 11.7. The third kappa shape index (κ3) is 9.89. The summed E-state index contributed by atoms with van der Waals surface area (Å²) in [7, 11) is -3.99. The standard InChI is InChI=1S/C21H33NO6S/c1-4-6-8-14-27-20(23)16-19(21(24)28-15-9-7-5-2)22-29(25,26)18-12-10-17(3)11-13-18/h10-13,19,22H,4-9,14-16H2,1-3H3. The highest BCUT2D eigenvalue weighted by Crippen LogP contribution is 2.12. The summed E-state index contributed by atoms with van der Waals surface area (Å²) in [6.07, 6.45) is 4.77. The molecule has 29 heavy (non-hydrogen) atoms. The van der Waals surface area contributed by atoms with Gasteiger partial charge < -0.3 is 9.47 Å². The summed E-state index contributed by atoms with van der Waals surface area (Å²) < 4.78 is 37.9. The van der Waals surface area contributed by atoms with Crippen molar-refractivity contribution in [2.24, 2.45) is 0 Å². The minimum atomic E-state index is -3.99. The largest absolute Gasteiger partial charge is 0.466 e. The molecule has 8 heteroatoms. The minimum Gasteiger partial charge on any atom is -0.466 e. The molecule has 0 aromatic heterocycles. The fourth-order valence-electron chi connectivity index (χ4n) is 2.53. The van der Waals surface area contributed by atoms with Gasteiger partial charge in [-0.15, -0.1) is 0 Å². The van der Waals surface area contributed by atoms with Crippen molar-refractivity contribution in [2.45, 2.75) is 76.7 Å². The molecular weight excluding hydrogens is 394 g/mol. The van der Waals surface area contributed by atoms with E-state index in [4.69, 9.17) is 9.47 Å². The monoisotopic (exact) mass is 427 g/mol. The van der Waals surface area contributed by atoms with Crippen molar-refractivity contribution >= 4 is 22.0 Å². The Balaban J connectivity index is 2.81. The van der Waals surface area contributed by atoms with Gasteiger partial charge in [0.1, 0.15) is 6.04 Å². The minimum absolute atomic E-state index is 0.0168. The average molecular weight is 428 g/mol. The zero-order valence-corrected chi connectivity index (χ0v) is 18.4. The first-order valence-electron chi connectivity index (χ1n) is 10.2. The summed E-state index contributed by atoms with van der Waals surface area (Å²) >= 11 is 0. The van der Waals surface area contributed by atoms with E-state index in [-0.39, 0.29) is 18.1 Å². The van der Waals surface area contributed by atoms with Gasteiger partial charge in [-0.25, -0.2) is 8.42 Å². The molecule has 0 saturated heterocycles. The van der Waals surface area contributed by atoms with E-state index in [1.807, 2.05) is 20.8 Å². The van der Waals surface area contributed by atoms with Gasteiger partial charge in [0, 0.05) is 0 Å². The maximum Gasteiger partial charge on any atom is 0.324 e. The molecule has 0 aliphatic heterocycles. The second kappa shape index (κ2) is 13.3. The van der Waals surface area contributed by atoms with Crippen molar-refractivity contribution in [2.75, 3.05) is 13.2 Å². The Hall–Kier alpha value is -1.93. The van der Waals surface area contributed by atoms with Crippen molar-refractivity contribution in [1.29, 1.82) is 0 Å². The molecule has 1 atom stereocenters. The normalized spacial score (nSPS) is 12.4. The van der Waals surface area contributed by atoms with Gasteiger partial charge in [0.2, 0.25) is 10.0 Å². The molecule has 1 rings (SSSR count). The number of nitrogens with one attached hydrogen (secondary N) is 1. The number of unbranched alkanes of at least 4 members (excludes halogenated alkanes) is 4. The van der Waals surface area contributed by atoms with Gasteiger partial charge in [0.25, 0.3) is 0 Å². The number of hydrogen-bond acceptors (Lipinski definition) is 6. The molecule has 1 aromatic rings. The van der Waals surface area contributed by atoms with Crippen LogP contribution in [0.2, 0.25) is 0 Å². The first-order chi connectivity index (χ1) is 13.8. The summed E-state index contributed by atoms with van der Waals surface area (Å²) in [5.74, 6) is -1.41. The highest BCUT2D eigenvalue weighted by Gasteiger charge is 2.29. The predicted molar refractivity (Wildman–Crippen MR) is 111 cm³/mol. The lowest BCUT2D eigenvalue weighted by Gasteiger charge is -2.17. The number of aryl methyl sites for hydroxylation is 1. The first kappa shape index (κ1) is 25.1. The lowest BCUT2D eigenvalue weighted by Crippen LogP contribution is -2.43. The number of benzene rings is 1. The van der Waals surface area contributed by atoms with Gasteiger partial charge in [-0.2, -0.15) is 4.72 Å². The van der Waals surface area contributed by atoms with Crippen LogP contribution in [0.1, 0.15) is 64.4 Å². The number of sulfonamides is 1. The number of esters is 2. The van der Waals surface area contributed by atoms with Crippen molar-refractivity contribution in [1.82, 2.24) is 4.72 Å². The summed E-state index contributed by atoms with van der Waals surface area (Å²) in [5.41, 5.74) is 0.909. The number of rotatable bonds is 14. The fourth-order valence-corrected chi connectivity index (χ4v) is 3.72. The van der Waals surface area contributed by atoms with Crippen LogP contribution in [0.3, 0.4) is 0 Å². The number of ether oxygens (including phenoxy) is 2. The van der Waals surface area contributed by atoms with Crippen LogP contribution >= 0.6 is 0 Å². The van der Waals surface area contributed by atoms with Gasteiger partial charge in [-0.1, -0.05) is 57.2 Å². The quantitative estimate of drug-likeness (QED) is 0.360. The summed E-state index contributed by atoms with van der Waals surface area (Å²) in [5, 5.41) is 0. The van der Waals surface area contributed by atoms with Crippen LogP contribution in [0.5, 0.6) is 0 Å². The van der Waals surface area contributed by atoms with Gasteiger partial charge in [0.05, 0.1) is 24.5 Å². The highest BCUT2D eigenvalue weighted by atomic mass is 32.2. The van der Waals surface area contributed by atoms with E-state index in [0.29, 0.717) is 6.42 Å². The van der Waals surface area contributed by atoms with E-state index in [1.54, 1.807) is 12.1 Å². The molecule has 1 unspecified atom stereocenters. The van der Waals surface area contributed by atoms with E-state index in [9.17, 15) is 18.0 Å². The van der Waals surface area contributed by atoms with Gasteiger partial charge in [-0.05, 0) is 31.9 Å². The number of carbonyl (C=O) groups excluding carboxylic acids is 2. The summed E-state index contributed by atoms with van der Waals surface area (Å²) in [6.45, 7) is 6.33. The van der Waals surface area contributed by atoms with Crippen LogP contribution in [-0.2, 0) is 29.1 Å². The van der Waals surface area contributed by atoms with Gasteiger partial charge in [-0.3, -0.25) is 9.59 Å². The summed E-state index contributed by atoms with van der Waals surface area (Å²) in [4.78, 5) is 24.5. The zero-order valence-electron chi connectivity index (χ0n) is 17.6. The fraction of sp³-hybridized carbons (Fsp3) is 0.619. The SMILES string of the molecule is CCCCCOC(=O)CC(NS(=O)(=O)c1ccc(C)cc1)C(=O)OCCCCC. The lowest BCUT2D eigenvalue weighted by atomic mass is 10.2. The molecule has 0 amide bonds. The van der Waals surface area contributed by atoms with E-state index >= 15 is 0 Å². The number of hydrogen-bond donors (Lipinski definition) is 1. The maximum absolute atomic E-state index is 12.6. The molecule has 0 bridgehead atoms. The average Bonchev–Trinajstić information content (AvgIpc) is 2.68. The third-order valence-electron chi connectivity index (χ3n) is 4.29. The van der Waals surface area contributed by atoms with Crippen molar-refractivity contribution in [3.05, 3.63) is 29.8 Å². The lowest BCUT2D eigenvalue weighted by molar-refractivity contribution is -0.152. The van der Waals surface area contributed by atoms with E-state index < -0.39 is 34.4 Å². The Bertz CT molecular complexity index is 730. The van der Waals surface area contributed by atoms with Crippen molar-refractivity contribution in [3.63, 3.8) is 0 Å². The van der Waals surface area contributed by atoms with E-state index in [2.05, 4.69) is 4.72 Å². The molecular formula is C21H33NO6S. The molecule has 0 aliphatic carbocycles. The summed E-state index contributed by atoms with van der Waals surface area (Å²) in [6, 6.07) is 4.89. The van der Waals surface area contributed by atoms with Gasteiger partial charge >= 0.3 is 11.9 Å². The van der Waals surface area contributed by atoms with Gasteiger partial charge in [0.15, 0.2) is 0 Å². The smallest absolute Gasteiger partial charge is 0.324 e. The molecule has 0 fully saturated rings. The van der Waals surface area contributed by atoms with Crippen LogP contribution in [0.25, 0.3) is 0 Å². The second-order valence-corrected chi connectivity index (χ2v) is 8.71. The Morgan fingerprint density at radius 2 is 1.48 bits per heavy atom. The second-order valence-electron chi connectivity index (χ2n) is 6.99. The number of carbonyl (C=O) groups is 2.